The molecule has 1 fully saturated rings. The van der Waals surface area contributed by atoms with Crippen LogP contribution in [0.5, 0.6) is 0 Å². The zero-order valence-corrected chi connectivity index (χ0v) is 9.77. The van der Waals surface area contributed by atoms with Crippen molar-refractivity contribution in [2.24, 2.45) is 0 Å². The molecule has 1 aliphatic heterocycles. The van der Waals surface area contributed by atoms with Crippen LogP contribution in [0, 0.1) is 0 Å². The summed E-state index contributed by atoms with van der Waals surface area (Å²) in [6.07, 6.45) is 0. The summed E-state index contributed by atoms with van der Waals surface area (Å²) in [5, 5.41) is 16.9. The minimum Gasteiger partial charge on any atom is -0.481 e. The summed E-state index contributed by atoms with van der Waals surface area (Å²) in [4.78, 5) is 22.1. The maximum atomic E-state index is 11.6. The molecule has 17 heavy (non-hydrogen) atoms. The Morgan fingerprint density at radius 1 is 1.53 bits per heavy atom. The maximum absolute atomic E-state index is 11.6. The van der Waals surface area contributed by atoms with Crippen LogP contribution in [0.3, 0.4) is 0 Å². The number of thioether (sulfide) groups is 1. The number of H-pyrrole nitrogens is 1. The average Bonchev–Trinajstić information content (AvgIpc) is 2.69. The van der Waals surface area contributed by atoms with E-state index in [0.29, 0.717) is 31.5 Å². The number of carboxylic acid groups (broad SMARTS) is 1. The van der Waals surface area contributed by atoms with Gasteiger partial charge in [0.2, 0.25) is 5.16 Å². The standard InChI is InChI=1S/C8H12N4O4S/c13-6(14)5-17-8-10-9-7(15)12(8)11-1-3-16-4-2-11/h1-5H2,(H,9,15)(H,13,14). The van der Waals surface area contributed by atoms with Gasteiger partial charge in [-0.2, -0.15) is 4.68 Å². The first-order valence-electron chi connectivity index (χ1n) is 5.03. The highest BCUT2D eigenvalue weighted by Gasteiger charge is 2.18. The van der Waals surface area contributed by atoms with Gasteiger partial charge in [0.05, 0.1) is 32.1 Å². The Bertz CT molecular complexity index is 451. The molecule has 1 aliphatic rings. The van der Waals surface area contributed by atoms with Gasteiger partial charge in [-0.1, -0.05) is 11.8 Å². The molecule has 1 saturated heterocycles. The first-order chi connectivity index (χ1) is 8.18. The quantitative estimate of drug-likeness (QED) is 0.650. The van der Waals surface area contributed by atoms with Crippen LogP contribution < -0.4 is 10.7 Å². The number of nitrogens with one attached hydrogen (secondary N) is 1. The molecule has 9 heteroatoms. The van der Waals surface area contributed by atoms with E-state index in [1.165, 1.54) is 4.68 Å². The van der Waals surface area contributed by atoms with Crippen LogP contribution in [0.2, 0.25) is 0 Å². The topological polar surface area (TPSA) is 100 Å². The fourth-order valence-electron chi connectivity index (χ4n) is 1.50. The van der Waals surface area contributed by atoms with Crippen molar-refractivity contribution in [2.45, 2.75) is 5.16 Å². The number of carbonyl (C=O) groups is 1. The average molecular weight is 260 g/mol. The monoisotopic (exact) mass is 260 g/mol. The summed E-state index contributed by atoms with van der Waals surface area (Å²) in [6, 6.07) is 0. The third kappa shape index (κ3) is 2.80. The highest BCUT2D eigenvalue weighted by atomic mass is 32.2. The number of aromatic nitrogens is 3. The number of rotatable bonds is 4. The smallest absolute Gasteiger partial charge is 0.363 e. The van der Waals surface area contributed by atoms with Gasteiger partial charge in [-0.25, -0.2) is 9.89 Å². The number of aliphatic carboxylic acids is 1. The molecule has 2 rings (SSSR count). The fourth-order valence-corrected chi connectivity index (χ4v) is 2.18. The van der Waals surface area contributed by atoms with Crippen molar-refractivity contribution >= 4 is 17.7 Å². The first-order valence-corrected chi connectivity index (χ1v) is 6.02. The summed E-state index contributed by atoms with van der Waals surface area (Å²) in [6.45, 7) is 2.25. The lowest BCUT2D eigenvalue weighted by Gasteiger charge is -2.28. The Morgan fingerprint density at radius 3 is 2.88 bits per heavy atom. The molecule has 0 spiro atoms. The maximum Gasteiger partial charge on any atom is 0.363 e. The van der Waals surface area contributed by atoms with Gasteiger partial charge in [-0.3, -0.25) is 4.79 Å². The van der Waals surface area contributed by atoms with Crippen LogP contribution >= 0.6 is 11.8 Å². The van der Waals surface area contributed by atoms with Crippen LogP contribution in [0.4, 0.5) is 0 Å². The van der Waals surface area contributed by atoms with E-state index in [9.17, 15) is 9.59 Å². The molecule has 0 unspecified atom stereocenters. The molecule has 2 N–H and O–H groups in total. The van der Waals surface area contributed by atoms with E-state index < -0.39 is 5.97 Å². The van der Waals surface area contributed by atoms with Gasteiger partial charge < -0.3 is 14.9 Å². The Kier molecular flexibility index (Phi) is 3.69. The molecular formula is C8H12N4O4S. The van der Waals surface area contributed by atoms with Crippen molar-refractivity contribution in [2.75, 3.05) is 37.1 Å². The zero-order chi connectivity index (χ0) is 12.3. The fraction of sp³-hybridized carbons (Fsp3) is 0.625. The molecule has 0 amide bonds. The Balaban J connectivity index is 2.16. The molecule has 94 valence electrons. The molecule has 0 radical (unpaired) electrons. The lowest BCUT2D eigenvalue weighted by molar-refractivity contribution is -0.133. The zero-order valence-electron chi connectivity index (χ0n) is 8.96. The van der Waals surface area contributed by atoms with E-state index in [-0.39, 0.29) is 11.4 Å². The van der Waals surface area contributed by atoms with E-state index in [0.717, 1.165) is 11.8 Å². The third-order valence-electron chi connectivity index (χ3n) is 2.22. The summed E-state index contributed by atoms with van der Waals surface area (Å²) >= 11 is 1.01. The molecular weight excluding hydrogens is 248 g/mol. The second kappa shape index (κ2) is 5.23. The Labute approximate surface area is 101 Å². The van der Waals surface area contributed by atoms with E-state index in [1.54, 1.807) is 5.01 Å². The number of nitrogens with zero attached hydrogens (tertiary/aromatic N) is 3. The second-order valence-corrected chi connectivity index (χ2v) is 4.31. The molecule has 0 aliphatic carbocycles. The number of hydrogen-bond acceptors (Lipinski definition) is 6. The first kappa shape index (κ1) is 12.0. The summed E-state index contributed by atoms with van der Waals surface area (Å²) in [5.41, 5.74) is -0.361. The Morgan fingerprint density at radius 2 is 2.24 bits per heavy atom. The van der Waals surface area contributed by atoms with Gasteiger partial charge in [0, 0.05) is 0 Å². The number of carboxylic acids is 1. The van der Waals surface area contributed by atoms with Crippen molar-refractivity contribution in [3.63, 3.8) is 0 Å². The highest BCUT2D eigenvalue weighted by molar-refractivity contribution is 7.99. The van der Waals surface area contributed by atoms with Gasteiger partial charge in [0.15, 0.2) is 0 Å². The minimum absolute atomic E-state index is 0.130. The van der Waals surface area contributed by atoms with Crippen molar-refractivity contribution in [1.29, 1.82) is 0 Å². The molecule has 0 aromatic carbocycles. The summed E-state index contributed by atoms with van der Waals surface area (Å²) in [7, 11) is 0. The predicted molar refractivity (Wildman–Crippen MR) is 60.0 cm³/mol. The molecule has 2 heterocycles. The number of hydrogen-bond donors (Lipinski definition) is 2. The van der Waals surface area contributed by atoms with Crippen molar-refractivity contribution in [1.82, 2.24) is 14.9 Å². The van der Waals surface area contributed by atoms with Crippen LogP contribution in [0.1, 0.15) is 0 Å². The van der Waals surface area contributed by atoms with Crippen LogP contribution in [-0.2, 0) is 9.53 Å². The number of ether oxygens (including phenoxy) is 1. The second-order valence-electron chi connectivity index (χ2n) is 3.37. The molecule has 0 saturated carbocycles. The van der Waals surface area contributed by atoms with Crippen LogP contribution in [0.15, 0.2) is 9.95 Å². The van der Waals surface area contributed by atoms with Gasteiger partial charge in [-0.05, 0) is 0 Å². The molecule has 1 aromatic heterocycles. The van der Waals surface area contributed by atoms with Gasteiger partial charge in [0.1, 0.15) is 0 Å². The lowest BCUT2D eigenvalue weighted by Crippen LogP contribution is -2.48. The number of aromatic amines is 1. The summed E-state index contributed by atoms with van der Waals surface area (Å²) < 4.78 is 6.56. The van der Waals surface area contributed by atoms with E-state index in [4.69, 9.17) is 9.84 Å². The number of morpholine rings is 1. The third-order valence-corrected chi connectivity index (χ3v) is 3.13. The minimum atomic E-state index is -0.945. The van der Waals surface area contributed by atoms with Crippen LogP contribution in [0.25, 0.3) is 0 Å². The normalized spacial score (nSPS) is 16.1. The highest BCUT2D eigenvalue weighted by Crippen LogP contribution is 2.13. The SMILES string of the molecule is O=C(O)CSc1n[nH]c(=O)n1N1CCOCC1. The van der Waals surface area contributed by atoms with Gasteiger partial charge >= 0.3 is 11.7 Å². The van der Waals surface area contributed by atoms with Gasteiger partial charge in [0.25, 0.3) is 0 Å². The summed E-state index contributed by atoms with van der Waals surface area (Å²) in [5.74, 6) is -1.08. The van der Waals surface area contributed by atoms with Crippen molar-refractivity contribution in [3.05, 3.63) is 10.5 Å². The molecule has 0 bridgehead atoms. The Hall–Kier alpha value is -1.48. The molecule has 1 aromatic rings. The van der Waals surface area contributed by atoms with E-state index in [2.05, 4.69) is 10.2 Å². The van der Waals surface area contributed by atoms with Crippen LogP contribution in [-0.4, -0.2) is 58.0 Å². The van der Waals surface area contributed by atoms with Crippen molar-refractivity contribution in [3.8, 4) is 0 Å². The van der Waals surface area contributed by atoms with Crippen molar-refractivity contribution < 1.29 is 14.6 Å². The molecule has 8 nitrogen and oxygen atoms in total. The predicted octanol–water partition coefficient (Wildman–Crippen LogP) is -1.28. The van der Waals surface area contributed by atoms with E-state index in [1.807, 2.05) is 0 Å². The largest absolute Gasteiger partial charge is 0.481 e. The van der Waals surface area contributed by atoms with Gasteiger partial charge in [-0.15, -0.1) is 5.10 Å². The molecule has 0 atom stereocenters. The van der Waals surface area contributed by atoms with E-state index >= 15 is 0 Å². The lowest BCUT2D eigenvalue weighted by atomic mass is 10.5.